The Hall–Kier alpha value is -1.27. The van der Waals surface area contributed by atoms with Crippen molar-refractivity contribution in [2.45, 2.75) is 32.8 Å². The molecule has 2 N–H and O–H groups in total. The molecule has 0 radical (unpaired) electrons. The quantitative estimate of drug-likeness (QED) is 0.642. The summed E-state index contributed by atoms with van der Waals surface area (Å²) in [4.78, 5) is 9.35. The molecule has 0 bridgehead atoms. The number of rotatable bonds is 5. The van der Waals surface area contributed by atoms with Crippen LogP contribution in [-0.4, -0.2) is 60.8 Å². The number of piperazine rings is 1. The van der Waals surface area contributed by atoms with E-state index in [-0.39, 0.29) is 0 Å². The maximum Gasteiger partial charge on any atom is 0.194 e. The first-order chi connectivity index (χ1) is 10.6. The Labute approximate surface area is 137 Å². The lowest BCUT2D eigenvalue weighted by Crippen LogP contribution is -2.52. The topological polar surface area (TPSA) is 51.1 Å². The number of aliphatic hydroxyl groups is 1. The predicted octanol–water partition coefficient (Wildman–Crippen LogP) is 2.00. The molecule has 1 aromatic rings. The Kier molecular flexibility index (Phi) is 6.08. The average molecular weight is 324 g/mol. The lowest BCUT2D eigenvalue weighted by molar-refractivity contribution is 0.0653. The second-order valence-corrected chi connectivity index (χ2v) is 6.87. The van der Waals surface area contributed by atoms with E-state index in [4.69, 9.17) is 0 Å². The summed E-state index contributed by atoms with van der Waals surface area (Å²) in [5, 5.41) is 17.0. The largest absolute Gasteiger partial charge is 0.388 e. The Balaban J connectivity index is 1.94. The summed E-state index contributed by atoms with van der Waals surface area (Å²) in [5.74, 6) is 0.919. The maximum absolute atomic E-state index is 10.1. The van der Waals surface area contributed by atoms with Gasteiger partial charge >= 0.3 is 0 Å². The number of thiophene rings is 1. The van der Waals surface area contributed by atoms with Crippen LogP contribution >= 0.6 is 11.3 Å². The third-order valence-electron chi connectivity index (χ3n) is 4.06. The second kappa shape index (κ2) is 7.83. The van der Waals surface area contributed by atoms with Gasteiger partial charge in [-0.2, -0.15) is 0 Å². The van der Waals surface area contributed by atoms with Crippen LogP contribution in [0.3, 0.4) is 0 Å². The molecule has 0 aromatic carbocycles. The van der Waals surface area contributed by atoms with Crippen molar-refractivity contribution in [1.82, 2.24) is 10.2 Å². The van der Waals surface area contributed by atoms with E-state index in [1.807, 2.05) is 13.8 Å². The molecule has 6 heteroatoms. The van der Waals surface area contributed by atoms with Crippen LogP contribution in [0.25, 0.3) is 0 Å². The van der Waals surface area contributed by atoms with E-state index in [1.54, 1.807) is 11.3 Å². The number of nitrogens with zero attached hydrogens (tertiary/aromatic N) is 3. The van der Waals surface area contributed by atoms with Crippen LogP contribution in [0.15, 0.2) is 22.5 Å². The molecule has 0 amide bonds. The summed E-state index contributed by atoms with van der Waals surface area (Å²) < 4.78 is 0. The minimum Gasteiger partial charge on any atom is -0.388 e. The number of hydrogen-bond acceptors (Lipinski definition) is 4. The average Bonchev–Trinajstić information content (AvgIpc) is 3.06. The summed E-state index contributed by atoms with van der Waals surface area (Å²) in [6, 6.07) is 4.28. The van der Waals surface area contributed by atoms with Gasteiger partial charge in [0, 0.05) is 32.7 Å². The highest BCUT2D eigenvalue weighted by molar-refractivity contribution is 7.14. The minimum absolute atomic E-state index is 0.441. The van der Waals surface area contributed by atoms with E-state index >= 15 is 0 Å². The van der Waals surface area contributed by atoms with Gasteiger partial charge in [-0.15, -0.1) is 11.3 Å². The Bertz CT molecular complexity index is 465. The van der Waals surface area contributed by atoms with Gasteiger partial charge < -0.3 is 20.2 Å². The van der Waals surface area contributed by atoms with Gasteiger partial charge in [0.05, 0.1) is 17.1 Å². The molecule has 1 aliphatic rings. The zero-order chi connectivity index (χ0) is 16.0. The summed E-state index contributed by atoms with van der Waals surface area (Å²) in [6.45, 7) is 11.1. The van der Waals surface area contributed by atoms with E-state index in [9.17, 15) is 5.11 Å². The third kappa shape index (κ3) is 4.61. The van der Waals surface area contributed by atoms with Gasteiger partial charge in [0.2, 0.25) is 0 Å². The lowest BCUT2D eigenvalue weighted by atomic mass is 10.1. The highest BCUT2D eigenvalue weighted by Gasteiger charge is 2.22. The maximum atomic E-state index is 10.1. The smallest absolute Gasteiger partial charge is 0.194 e. The van der Waals surface area contributed by atoms with Crippen LogP contribution in [0.4, 0.5) is 5.00 Å². The molecule has 2 rings (SSSR count). The first-order valence-corrected chi connectivity index (χ1v) is 8.98. The molecule has 0 spiro atoms. The molecule has 1 saturated heterocycles. The molecule has 22 heavy (non-hydrogen) atoms. The Morgan fingerprint density at radius 2 is 2.09 bits per heavy atom. The Morgan fingerprint density at radius 3 is 2.64 bits per heavy atom. The fourth-order valence-corrected chi connectivity index (χ4v) is 3.16. The molecule has 1 unspecified atom stereocenters. The first-order valence-electron chi connectivity index (χ1n) is 8.10. The molecule has 124 valence electrons. The number of guanidine groups is 1. The van der Waals surface area contributed by atoms with Gasteiger partial charge in [-0.25, -0.2) is 0 Å². The molecule has 1 aliphatic heterocycles. The van der Waals surface area contributed by atoms with Gasteiger partial charge in [-0.05, 0) is 37.8 Å². The fraction of sp³-hybridized carbons (Fsp3) is 0.688. The van der Waals surface area contributed by atoms with Crippen molar-refractivity contribution >= 4 is 22.3 Å². The number of hydrogen-bond donors (Lipinski definition) is 2. The molecule has 1 fully saturated rings. The molecule has 0 saturated carbocycles. The van der Waals surface area contributed by atoms with E-state index in [0.29, 0.717) is 13.0 Å². The van der Waals surface area contributed by atoms with Gasteiger partial charge in [-0.3, -0.25) is 4.99 Å². The van der Waals surface area contributed by atoms with Crippen LogP contribution in [0.1, 0.15) is 27.2 Å². The highest BCUT2D eigenvalue weighted by Crippen LogP contribution is 2.22. The molecule has 1 atom stereocenters. The van der Waals surface area contributed by atoms with Crippen LogP contribution in [-0.2, 0) is 0 Å². The standard InChI is InChI=1S/C16H28N4OS/c1-4-16(3,21)13-18-15(17-5-2)20-10-8-19(9-11-20)14-7-6-12-22-14/h6-7,12,21H,4-5,8-11,13H2,1-3H3,(H,17,18). The van der Waals surface area contributed by atoms with Gasteiger partial charge in [-0.1, -0.05) is 6.92 Å². The number of nitrogens with one attached hydrogen (secondary N) is 1. The van der Waals surface area contributed by atoms with Crippen LogP contribution in [0, 0.1) is 0 Å². The van der Waals surface area contributed by atoms with Gasteiger partial charge in [0.1, 0.15) is 0 Å². The lowest BCUT2D eigenvalue weighted by Gasteiger charge is -2.37. The number of aliphatic imine (C=N–C) groups is 1. The van der Waals surface area contributed by atoms with Crippen molar-refractivity contribution in [2.24, 2.45) is 4.99 Å². The van der Waals surface area contributed by atoms with Crippen LogP contribution in [0.2, 0.25) is 0 Å². The van der Waals surface area contributed by atoms with Crippen LogP contribution in [0.5, 0.6) is 0 Å². The zero-order valence-electron chi connectivity index (χ0n) is 13.9. The molecular formula is C16H28N4OS. The van der Waals surface area contributed by atoms with Crippen molar-refractivity contribution < 1.29 is 5.11 Å². The van der Waals surface area contributed by atoms with E-state index in [2.05, 4.69) is 44.5 Å². The summed E-state index contributed by atoms with van der Waals surface area (Å²) >= 11 is 1.79. The Morgan fingerprint density at radius 1 is 1.36 bits per heavy atom. The van der Waals surface area contributed by atoms with Gasteiger partial charge in [0.25, 0.3) is 0 Å². The summed E-state index contributed by atoms with van der Waals surface area (Å²) in [7, 11) is 0. The van der Waals surface area contributed by atoms with Crippen molar-refractivity contribution in [2.75, 3.05) is 44.2 Å². The molecule has 5 nitrogen and oxygen atoms in total. The summed E-state index contributed by atoms with van der Waals surface area (Å²) in [5.41, 5.74) is -0.723. The SMILES string of the molecule is CCNC(=NCC(C)(O)CC)N1CCN(c2cccs2)CC1. The van der Waals surface area contributed by atoms with E-state index in [0.717, 1.165) is 38.7 Å². The predicted molar refractivity (Wildman–Crippen MR) is 95.0 cm³/mol. The zero-order valence-corrected chi connectivity index (χ0v) is 14.7. The van der Waals surface area contributed by atoms with E-state index in [1.165, 1.54) is 5.00 Å². The first kappa shape index (κ1) is 17.1. The molecule has 2 heterocycles. The van der Waals surface area contributed by atoms with E-state index < -0.39 is 5.60 Å². The summed E-state index contributed by atoms with van der Waals surface area (Å²) in [6.07, 6.45) is 0.710. The van der Waals surface area contributed by atoms with Crippen molar-refractivity contribution in [3.8, 4) is 0 Å². The second-order valence-electron chi connectivity index (χ2n) is 5.95. The monoisotopic (exact) mass is 324 g/mol. The molecule has 0 aliphatic carbocycles. The van der Waals surface area contributed by atoms with Gasteiger partial charge in [0.15, 0.2) is 5.96 Å². The molecule has 1 aromatic heterocycles. The number of anilines is 1. The normalized spacial score (nSPS) is 19.2. The van der Waals surface area contributed by atoms with Crippen molar-refractivity contribution in [3.05, 3.63) is 17.5 Å². The van der Waals surface area contributed by atoms with Crippen LogP contribution < -0.4 is 10.2 Å². The molecular weight excluding hydrogens is 296 g/mol. The minimum atomic E-state index is -0.723. The highest BCUT2D eigenvalue weighted by atomic mass is 32.1. The third-order valence-corrected chi connectivity index (χ3v) is 4.99. The fourth-order valence-electron chi connectivity index (χ4n) is 2.37. The van der Waals surface area contributed by atoms with Crippen molar-refractivity contribution in [1.29, 1.82) is 0 Å². The van der Waals surface area contributed by atoms with Crippen molar-refractivity contribution in [3.63, 3.8) is 0 Å².